The summed E-state index contributed by atoms with van der Waals surface area (Å²) in [4.78, 5) is 15.1. The average Bonchev–Trinajstić information content (AvgIpc) is 2.86. The summed E-state index contributed by atoms with van der Waals surface area (Å²) in [6.45, 7) is 1.74. The summed E-state index contributed by atoms with van der Waals surface area (Å²) in [5.41, 5.74) is 0. The molecule has 4 heteroatoms. The monoisotopic (exact) mass is 250 g/mol. The van der Waals surface area contributed by atoms with Gasteiger partial charge in [-0.05, 0) is 25.6 Å². The Morgan fingerprint density at radius 3 is 2.88 bits per heavy atom. The largest absolute Gasteiger partial charge is 0.340 e. The molecule has 1 amide bonds. The fourth-order valence-corrected chi connectivity index (χ4v) is 2.80. The van der Waals surface area contributed by atoms with Gasteiger partial charge < -0.3 is 10.2 Å². The van der Waals surface area contributed by atoms with Crippen LogP contribution in [0, 0.1) is 0 Å². The molecule has 17 heavy (non-hydrogen) atoms. The summed E-state index contributed by atoms with van der Waals surface area (Å²) in [5, 5.41) is 3.22. The van der Waals surface area contributed by atoms with E-state index < -0.39 is 0 Å². The van der Waals surface area contributed by atoms with Gasteiger partial charge in [0.15, 0.2) is 0 Å². The van der Waals surface area contributed by atoms with Gasteiger partial charge in [0.1, 0.15) is 0 Å². The van der Waals surface area contributed by atoms with E-state index in [1.807, 2.05) is 42.3 Å². The average molecular weight is 250 g/mol. The standard InChI is InChI=1S/C13H18N2OS/c1-14-11-7-8-15(9-11)13(16)10-17-12-5-3-2-4-6-12/h2-6,11,14H,7-10H2,1H3. The molecule has 1 heterocycles. The lowest BCUT2D eigenvalue weighted by Gasteiger charge is -2.16. The molecule has 1 atom stereocenters. The highest BCUT2D eigenvalue weighted by molar-refractivity contribution is 8.00. The van der Waals surface area contributed by atoms with Crippen LogP contribution in [0.3, 0.4) is 0 Å². The summed E-state index contributed by atoms with van der Waals surface area (Å²) >= 11 is 1.61. The predicted octanol–water partition coefficient (Wildman–Crippen LogP) is 1.60. The Labute approximate surface area is 107 Å². The molecule has 2 rings (SSSR count). The molecule has 1 aliphatic rings. The minimum absolute atomic E-state index is 0.247. The van der Waals surface area contributed by atoms with Gasteiger partial charge >= 0.3 is 0 Å². The zero-order valence-electron chi connectivity index (χ0n) is 10.1. The number of nitrogens with one attached hydrogen (secondary N) is 1. The lowest BCUT2D eigenvalue weighted by molar-refractivity contribution is -0.127. The van der Waals surface area contributed by atoms with Crippen LogP contribution in [0.2, 0.25) is 0 Å². The van der Waals surface area contributed by atoms with Gasteiger partial charge in [-0.3, -0.25) is 4.79 Å². The summed E-state index contributed by atoms with van der Waals surface area (Å²) in [7, 11) is 1.96. The predicted molar refractivity (Wildman–Crippen MR) is 71.2 cm³/mol. The van der Waals surface area contributed by atoms with Crippen LogP contribution in [-0.2, 0) is 4.79 Å². The molecule has 3 nitrogen and oxygen atoms in total. The number of hydrogen-bond acceptors (Lipinski definition) is 3. The van der Waals surface area contributed by atoms with Crippen LogP contribution in [0.5, 0.6) is 0 Å². The van der Waals surface area contributed by atoms with Gasteiger partial charge in [0.05, 0.1) is 5.75 Å². The van der Waals surface area contributed by atoms with Crippen LogP contribution < -0.4 is 5.32 Å². The van der Waals surface area contributed by atoms with Gasteiger partial charge in [0.25, 0.3) is 0 Å². The number of amides is 1. The quantitative estimate of drug-likeness (QED) is 0.824. The van der Waals surface area contributed by atoms with Gasteiger partial charge in [0, 0.05) is 24.0 Å². The van der Waals surface area contributed by atoms with Crippen molar-refractivity contribution in [3.8, 4) is 0 Å². The molecule has 0 saturated carbocycles. The maximum absolute atomic E-state index is 12.0. The molecule has 1 N–H and O–H groups in total. The molecule has 0 aliphatic carbocycles. The highest BCUT2D eigenvalue weighted by Gasteiger charge is 2.24. The number of likely N-dealkylation sites (tertiary alicyclic amines) is 1. The van der Waals surface area contributed by atoms with Crippen molar-refractivity contribution in [2.45, 2.75) is 17.4 Å². The Morgan fingerprint density at radius 1 is 1.47 bits per heavy atom. The van der Waals surface area contributed by atoms with Crippen LogP contribution in [0.25, 0.3) is 0 Å². The van der Waals surface area contributed by atoms with Crippen molar-refractivity contribution in [1.29, 1.82) is 0 Å². The van der Waals surface area contributed by atoms with Crippen molar-refractivity contribution < 1.29 is 4.79 Å². The van der Waals surface area contributed by atoms with Crippen LogP contribution in [0.4, 0.5) is 0 Å². The van der Waals surface area contributed by atoms with Gasteiger partial charge in [0.2, 0.25) is 5.91 Å². The minimum Gasteiger partial charge on any atom is -0.340 e. The van der Waals surface area contributed by atoms with Crippen LogP contribution in [-0.4, -0.2) is 42.7 Å². The van der Waals surface area contributed by atoms with E-state index in [0.717, 1.165) is 24.4 Å². The van der Waals surface area contributed by atoms with E-state index in [4.69, 9.17) is 0 Å². The molecule has 0 aromatic heterocycles. The van der Waals surface area contributed by atoms with Crippen LogP contribution in [0.15, 0.2) is 35.2 Å². The third-order valence-corrected chi connectivity index (χ3v) is 4.05. The molecule has 1 aromatic carbocycles. The summed E-state index contributed by atoms with van der Waals surface area (Å²) in [6, 6.07) is 10.5. The van der Waals surface area contributed by atoms with Crippen molar-refractivity contribution in [1.82, 2.24) is 10.2 Å². The molecule has 0 radical (unpaired) electrons. The van der Waals surface area contributed by atoms with Gasteiger partial charge in [-0.1, -0.05) is 18.2 Å². The molecule has 0 bridgehead atoms. The first-order chi connectivity index (χ1) is 8.29. The van der Waals surface area contributed by atoms with Crippen molar-refractivity contribution in [2.24, 2.45) is 0 Å². The Kier molecular flexibility index (Phi) is 4.45. The van der Waals surface area contributed by atoms with Crippen molar-refractivity contribution in [3.05, 3.63) is 30.3 Å². The number of rotatable bonds is 4. The molecule has 1 fully saturated rings. The third-order valence-electron chi connectivity index (χ3n) is 3.05. The Morgan fingerprint density at radius 2 is 2.24 bits per heavy atom. The fourth-order valence-electron chi connectivity index (χ4n) is 1.98. The van der Waals surface area contributed by atoms with Crippen LogP contribution >= 0.6 is 11.8 Å². The molecule has 1 aliphatic heterocycles. The molecule has 1 saturated heterocycles. The number of thioether (sulfide) groups is 1. The highest BCUT2D eigenvalue weighted by atomic mass is 32.2. The number of carbonyl (C=O) groups excluding carboxylic acids is 1. The molecular formula is C13H18N2OS. The molecule has 0 spiro atoms. The zero-order valence-corrected chi connectivity index (χ0v) is 10.9. The second-order valence-electron chi connectivity index (χ2n) is 4.22. The Balaban J connectivity index is 1.78. The number of carbonyl (C=O) groups is 1. The first-order valence-electron chi connectivity index (χ1n) is 5.92. The first kappa shape index (κ1) is 12.5. The fraction of sp³-hybridized carbons (Fsp3) is 0.462. The summed E-state index contributed by atoms with van der Waals surface area (Å²) < 4.78 is 0. The smallest absolute Gasteiger partial charge is 0.232 e. The highest BCUT2D eigenvalue weighted by Crippen LogP contribution is 2.18. The van der Waals surface area contributed by atoms with Gasteiger partial charge in [-0.25, -0.2) is 0 Å². The number of hydrogen-bond donors (Lipinski definition) is 1. The van der Waals surface area contributed by atoms with E-state index in [-0.39, 0.29) is 5.91 Å². The van der Waals surface area contributed by atoms with Gasteiger partial charge in [-0.15, -0.1) is 11.8 Å². The Bertz CT molecular complexity index is 369. The molecule has 1 unspecified atom stereocenters. The van der Waals surface area contributed by atoms with Crippen molar-refractivity contribution in [2.75, 3.05) is 25.9 Å². The normalized spacial score (nSPS) is 19.6. The van der Waals surface area contributed by atoms with E-state index >= 15 is 0 Å². The third kappa shape index (κ3) is 3.48. The lowest BCUT2D eigenvalue weighted by Crippen LogP contribution is -2.34. The van der Waals surface area contributed by atoms with Crippen molar-refractivity contribution >= 4 is 17.7 Å². The number of benzene rings is 1. The molecule has 1 aromatic rings. The topological polar surface area (TPSA) is 32.3 Å². The van der Waals surface area contributed by atoms with E-state index in [2.05, 4.69) is 5.32 Å². The Hall–Kier alpha value is -1.00. The van der Waals surface area contributed by atoms with Gasteiger partial charge in [-0.2, -0.15) is 0 Å². The van der Waals surface area contributed by atoms with E-state index in [1.54, 1.807) is 11.8 Å². The molecular weight excluding hydrogens is 232 g/mol. The summed E-state index contributed by atoms with van der Waals surface area (Å²) in [6.07, 6.45) is 1.07. The first-order valence-corrected chi connectivity index (χ1v) is 6.91. The second-order valence-corrected chi connectivity index (χ2v) is 5.26. The summed E-state index contributed by atoms with van der Waals surface area (Å²) in [5.74, 6) is 0.789. The maximum Gasteiger partial charge on any atom is 0.232 e. The SMILES string of the molecule is CNC1CCN(C(=O)CSc2ccccc2)C1. The minimum atomic E-state index is 0.247. The van der Waals surface area contributed by atoms with E-state index in [9.17, 15) is 4.79 Å². The maximum atomic E-state index is 12.0. The molecule has 92 valence electrons. The zero-order chi connectivity index (χ0) is 12.1. The van der Waals surface area contributed by atoms with Crippen molar-refractivity contribution in [3.63, 3.8) is 0 Å². The van der Waals surface area contributed by atoms with E-state index in [1.165, 1.54) is 0 Å². The number of likely N-dealkylation sites (N-methyl/N-ethyl adjacent to an activating group) is 1. The van der Waals surface area contributed by atoms with Crippen LogP contribution in [0.1, 0.15) is 6.42 Å². The second kappa shape index (κ2) is 6.07. The lowest BCUT2D eigenvalue weighted by atomic mass is 10.3. The number of nitrogens with zero attached hydrogens (tertiary/aromatic N) is 1. The van der Waals surface area contributed by atoms with E-state index in [0.29, 0.717) is 11.8 Å².